The molecule has 1 aliphatic rings. The van der Waals surface area contributed by atoms with Gasteiger partial charge in [0.05, 0.1) is 11.5 Å². The number of carbonyl (C=O) groups excluding carboxylic acids is 1. The summed E-state index contributed by atoms with van der Waals surface area (Å²) in [6.07, 6.45) is 0.616. The fraction of sp³-hybridized carbons (Fsp3) is 0.417. The van der Waals surface area contributed by atoms with Gasteiger partial charge in [0.25, 0.3) is 5.91 Å². The van der Waals surface area contributed by atoms with E-state index >= 15 is 0 Å². The van der Waals surface area contributed by atoms with Crippen molar-refractivity contribution in [2.75, 3.05) is 18.1 Å². The predicted molar refractivity (Wildman–Crippen MR) is 73.0 cm³/mol. The van der Waals surface area contributed by atoms with Crippen LogP contribution in [0.1, 0.15) is 16.8 Å². The van der Waals surface area contributed by atoms with E-state index in [-0.39, 0.29) is 23.3 Å². The van der Waals surface area contributed by atoms with E-state index in [1.165, 1.54) is 0 Å². The Balaban J connectivity index is 1.64. The standard InChI is InChI=1S/C12H14N4O3S/c17-12(13-6-8-3-4-20(18,19)7-8)9-1-2-10-11(5-9)15-16-14-10/h1-2,5,8H,3-4,6-7H2,(H,13,17)(H,14,15,16)/t8-/m1/s1. The number of sulfone groups is 1. The lowest BCUT2D eigenvalue weighted by Gasteiger charge is -2.09. The number of aromatic nitrogens is 3. The molecule has 0 saturated carbocycles. The van der Waals surface area contributed by atoms with Crippen molar-refractivity contribution in [3.63, 3.8) is 0 Å². The first-order valence-electron chi connectivity index (χ1n) is 6.33. The largest absolute Gasteiger partial charge is 0.352 e. The van der Waals surface area contributed by atoms with Crippen LogP contribution in [-0.2, 0) is 9.84 Å². The fourth-order valence-corrected chi connectivity index (χ4v) is 4.22. The van der Waals surface area contributed by atoms with Gasteiger partial charge in [0.2, 0.25) is 0 Å². The molecule has 7 nitrogen and oxygen atoms in total. The maximum absolute atomic E-state index is 12.0. The minimum absolute atomic E-state index is 0.0136. The molecule has 0 bridgehead atoms. The molecule has 0 unspecified atom stereocenters. The topological polar surface area (TPSA) is 105 Å². The van der Waals surface area contributed by atoms with E-state index in [9.17, 15) is 13.2 Å². The average Bonchev–Trinajstić information content (AvgIpc) is 3.01. The third-order valence-corrected chi connectivity index (χ3v) is 5.29. The van der Waals surface area contributed by atoms with Crippen LogP contribution < -0.4 is 5.32 Å². The Morgan fingerprint density at radius 2 is 2.15 bits per heavy atom. The number of fused-ring (bicyclic) bond motifs is 1. The fourth-order valence-electron chi connectivity index (χ4n) is 2.35. The van der Waals surface area contributed by atoms with Crippen LogP contribution in [0.5, 0.6) is 0 Å². The highest BCUT2D eigenvalue weighted by Crippen LogP contribution is 2.17. The van der Waals surface area contributed by atoms with Crippen LogP contribution in [-0.4, -0.2) is 47.8 Å². The highest BCUT2D eigenvalue weighted by Gasteiger charge is 2.27. The summed E-state index contributed by atoms with van der Waals surface area (Å²) < 4.78 is 22.7. The zero-order chi connectivity index (χ0) is 14.2. The zero-order valence-corrected chi connectivity index (χ0v) is 11.5. The quantitative estimate of drug-likeness (QED) is 0.836. The summed E-state index contributed by atoms with van der Waals surface area (Å²) in [5.41, 5.74) is 1.82. The van der Waals surface area contributed by atoms with Gasteiger partial charge in [-0.3, -0.25) is 4.79 Å². The molecule has 1 atom stereocenters. The molecule has 1 saturated heterocycles. The molecular formula is C12H14N4O3S. The number of nitrogens with one attached hydrogen (secondary N) is 2. The van der Waals surface area contributed by atoms with Crippen molar-refractivity contribution >= 4 is 26.8 Å². The van der Waals surface area contributed by atoms with Gasteiger partial charge in [0, 0.05) is 12.1 Å². The van der Waals surface area contributed by atoms with Gasteiger partial charge in [-0.15, -0.1) is 0 Å². The molecule has 106 valence electrons. The van der Waals surface area contributed by atoms with Crippen molar-refractivity contribution in [2.24, 2.45) is 5.92 Å². The van der Waals surface area contributed by atoms with Crippen LogP contribution in [0.2, 0.25) is 0 Å². The van der Waals surface area contributed by atoms with Crippen molar-refractivity contribution < 1.29 is 13.2 Å². The van der Waals surface area contributed by atoms with E-state index in [0.29, 0.717) is 29.6 Å². The Morgan fingerprint density at radius 1 is 1.35 bits per heavy atom. The van der Waals surface area contributed by atoms with Crippen molar-refractivity contribution in [2.45, 2.75) is 6.42 Å². The predicted octanol–water partition coefficient (Wildman–Crippen LogP) is 0.122. The SMILES string of the molecule is O=C(NC[C@H]1CCS(=O)(=O)C1)c1ccc2n[nH]nc2c1. The summed E-state index contributed by atoms with van der Waals surface area (Å²) in [7, 11) is -2.90. The number of amides is 1. The molecule has 20 heavy (non-hydrogen) atoms. The van der Waals surface area contributed by atoms with E-state index in [4.69, 9.17) is 0 Å². The average molecular weight is 294 g/mol. The maximum Gasteiger partial charge on any atom is 0.251 e. The van der Waals surface area contributed by atoms with Gasteiger partial charge in [-0.05, 0) is 30.5 Å². The van der Waals surface area contributed by atoms with Gasteiger partial charge in [-0.25, -0.2) is 8.42 Å². The Kier molecular flexibility index (Phi) is 3.17. The van der Waals surface area contributed by atoms with Crippen LogP contribution in [0.3, 0.4) is 0 Å². The highest BCUT2D eigenvalue weighted by molar-refractivity contribution is 7.91. The van der Waals surface area contributed by atoms with E-state index < -0.39 is 9.84 Å². The first kappa shape index (κ1) is 13.0. The van der Waals surface area contributed by atoms with Crippen LogP contribution in [0, 0.1) is 5.92 Å². The van der Waals surface area contributed by atoms with Gasteiger partial charge in [-0.1, -0.05) is 0 Å². The summed E-state index contributed by atoms with van der Waals surface area (Å²) in [4.78, 5) is 12.0. The molecule has 1 amide bonds. The molecular weight excluding hydrogens is 280 g/mol. The molecule has 1 aliphatic heterocycles. The minimum Gasteiger partial charge on any atom is -0.352 e. The molecule has 0 aliphatic carbocycles. The van der Waals surface area contributed by atoms with E-state index in [1.54, 1.807) is 18.2 Å². The first-order chi connectivity index (χ1) is 9.53. The van der Waals surface area contributed by atoms with Crippen molar-refractivity contribution in [1.82, 2.24) is 20.7 Å². The van der Waals surface area contributed by atoms with E-state index in [1.807, 2.05) is 0 Å². The number of hydrogen-bond donors (Lipinski definition) is 2. The smallest absolute Gasteiger partial charge is 0.251 e. The summed E-state index contributed by atoms with van der Waals surface area (Å²) in [6.45, 7) is 0.384. The normalized spacial score (nSPS) is 21.1. The first-order valence-corrected chi connectivity index (χ1v) is 8.15. The number of benzene rings is 1. The van der Waals surface area contributed by atoms with Gasteiger partial charge < -0.3 is 5.32 Å². The molecule has 3 rings (SSSR count). The zero-order valence-electron chi connectivity index (χ0n) is 10.7. The van der Waals surface area contributed by atoms with Gasteiger partial charge >= 0.3 is 0 Å². The number of nitrogens with zero attached hydrogens (tertiary/aromatic N) is 2. The number of hydrogen-bond acceptors (Lipinski definition) is 5. The highest BCUT2D eigenvalue weighted by atomic mass is 32.2. The Hall–Kier alpha value is -1.96. The van der Waals surface area contributed by atoms with E-state index in [0.717, 1.165) is 0 Å². The molecule has 2 heterocycles. The molecule has 1 aromatic carbocycles. The van der Waals surface area contributed by atoms with Gasteiger partial charge in [0.1, 0.15) is 11.0 Å². The number of carbonyl (C=O) groups is 1. The van der Waals surface area contributed by atoms with Crippen molar-refractivity contribution in [1.29, 1.82) is 0 Å². The molecule has 2 N–H and O–H groups in total. The molecule has 8 heteroatoms. The van der Waals surface area contributed by atoms with Crippen LogP contribution in [0.4, 0.5) is 0 Å². The Morgan fingerprint density at radius 3 is 2.90 bits per heavy atom. The van der Waals surface area contributed by atoms with Gasteiger partial charge in [0.15, 0.2) is 9.84 Å². The third kappa shape index (κ3) is 2.64. The van der Waals surface area contributed by atoms with Gasteiger partial charge in [-0.2, -0.15) is 15.4 Å². The van der Waals surface area contributed by atoms with Crippen LogP contribution in [0.25, 0.3) is 11.0 Å². The number of rotatable bonds is 3. The van der Waals surface area contributed by atoms with Crippen LogP contribution in [0.15, 0.2) is 18.2 Å². The lowest BCUT2D eigenvalue weighted by Crippen LogP contribution is -2.29. The van der Waals surface area contributed by atoms with Crippen molar-refractivity contribution in [3.05, 3.63) is 23.8 Å². The monoisotopic (exact) mass is 294 g/mol. The Bertz CT molecular complexity index is 753. The number of aromatic amines is 1. The molecule has 0 spiro atoms. The summed E-state index contributed by atoms with van der Waals surface area (Å²) in [5.74, 6) is 0.174. The summed E-state index contributed by atoms with van der Waals surface area (Å²) >= 11 is 0. The minimum atomic E-state index is -2.90. The summed E-state index contributed by atoms with van der Waals surface area (Å²) in [5, 5.41) is 13.1. The second-order valence-electron chi connectivity index (χ2n) is 5.01. The second kappa shape index (κ2) is 4.86. The van der Waals surface area contributed by atoms with Crippen molar-refractivity contribution in [3.8, 4) is 0 Å². The number of H-pyrrole nitrogens is 1. The maximum atomic E-state index is 12.0. The molecule has 0 radical (unpaired) electrons. The molecule has 1 aromatic heterocycles. The lowest BCUT2D eigenvalue weighted by atomic mass is 10.1. The molecule has 1 fully saturated rings. The molecule has 2 aromatic rings. The lowest BCUT2D eigenvalue weighted by molar-refractivity contribution is 0.0948. The second-order valence-corrected chi connectivity index (χ2v) is 7.23. The Labute approximate surface area is 115 Å². The van der Waals surface area contributed by atoms with Crippen LogP contribution >= 0.6 is 0 Å². The summed E-state index contributed by atoms with van der Waals surface area (Å²) in [6, 6.07) is 5.04. The van der Waals surface area contributed by atoms with E-state index in [2.05, 4.69) is 20.7 Å². The third-order valence-electron chi connectivity index (χ3n) is 3.46.